The van der Waals surface area contributed by atoms with E-state index in [0.29, 0.717) is 36.0 Å². The number of nitrogens with two attached hydrogens (primary N) is 1. The van der Waals surface area contributed by atoms with E-state index in [1.54, 1.807) is 30.7 Å². The summed E-state index contributed by atoms with van der Waals surface area (Å²) in [5, 5.41) is 0.897. The second kappa shape index (κ2) is 10.9. The number of furan rings is 1. The Balaban J connectivity index is 1.65. The lowest BCUT2D eigenvalue weighted by Gasteiger charge is -2.14. The number of nitrogens with zero attached hydrogens (tertiary/aromatic N) is 2. The van der Waals surface area contributed by atoms with Gasteiger partial charge < -0.3 is 24.4 Å². The molecule has 2 N–H and O–H groups in total. The summed E-state index contributed by atoms with van der Waals surface area (Å²) in [7, 11) is -1.12. The van der Waals surface area contributed by atoms with Crippen molar-refractivity contribution in [1.29, 1.82) is 0 Å². The maximum atomic E-state index is 10.8. The number of aliphatic imine (C=N–C) groups is 1. The molecule has 0 saturated carbocycles. The standard InChI is InChI=1S/C24H29N3O4Si/c1-32(2,3)13-12-29-17-27-22(8-10-25)18-4-7-24(26-15-18)31-20-5-6-21-19(9-11-28)16-30-23(21)14-20/h4-8,10-11,14-16H,9,12-13,17,25H2,1-3H3/b10-8-,27-22-. The fourth-order valence-electron chi connectivity index (χ4n) is 2.98. The van der Waals surface area contributed by atoms with Gasteiger partial charge in [-0.3, -0.25) is 4.99 Å². The van der Waals surface area contributed by atoms with E-state index in [1.807, 2.05) is 18.2 Å². The highest BCUT2D eigenvalue weighted by molar-refractivity contribution is 6.76. The van der Waals surface area contributed by atoms with Crippen LogP contribution in [0.4, 0.5) is 0 Å². The van der Waals surface area contributed by atoms with E-state index in [1.165, 1.54) is 6.20 Å². The molecule has 0 amide bonds. The number of ether oxygens (including phenoxy) is 2. The predicted octanol–water partition coefficient (Wildman–Crippen LogP) is 4.94. The van der Waals surface area contributed by atoms with Crippen LogP contribution in [0.3, 0.4) is 0 Å². The highest BCUT2D eigenvalue weighted by Gasteiger charge is 2.12. The maximum absolute atomic E-state index is 10.8. The number of carbonyl (C=O) groups is 1. The summed E-state index contributed by atoms with van der Waals surface area (Å²) in [5.74, 6) is 1.03. The summed E-state index contributed by atoms with van der Waals surface area (Å²) < 4.78 is 17.0. The minimum absolute atomic E-state index is 0.275. The molecule has 0 atom stereocenters. The molecule has 0 unspecified atom stereocenters. The Bertz CT molecular complexity index is 1100. The van der Waals surface area contributed by atoms with Crippen molar-refractivity contribution in [3.8, 4) is 11.6 Å². The number of carbonyl (C=O) groups excluding carboxylic acids is 1. The molecule has 168 valence electrons. The number of aldehydes is 1. The van der Waals surface area contributed by atoms with Crippen molar-refractivity contribution in [2.24, 2.45) is 10.7 Å². The van der Waals surface area contributed by atoms with Crippen LogP contribution < -0.4 is 10.5 Å². The van der Waals surface area contributed by atoms with Crippen molar-refractivity contribution in [2.75, 3.05) is 13.3 Å². The van der Waals surface area contributed by atoms with Crippen molar-refractivity contribution in [2.45, 2.75) is 32.1 Å². The summed E-state index contributed by atoms with van der Waals surface area (Å²) in [5.41, 5.74) is 8.60. The molecule has 1 aromatic carbocycles. The number of fused-ring (bicyclic) bond motifs is 1. The van der Waals surface area contributed by atoms with Gasteiger partial charge in [0.2, 0.25) is 5.88 Å². The molecule has 3 rings (SSSR count). The summed E-state index contributed by atoms with van der Waals surface area (Å²) in [4.78, 5) is 19.6. The van der Waals surface area contributed by atoms with Gasteiger partial charge in [-0.15, -0.1) is 0 Å². The minimum Gasteiger partial charge on any atom is -0.464 e. The van der Waals surface area contributed by atoms with Crippen LogP contribution in [0.1, 0.15) is 11.1 Å². The number of aromatic nitrogens is 1. The lowest BCUT2D eigenvalue weighted by Crippen LogP contribution is -2.21. The van der Waals surface area contributed by atoms with Gasteiger partial charge >= 0.3 is 0 Å². The van der Waals surface area contributed by atoms with Crippen molar-refractivity contribution < 1.29 is 18.7 Å². The van der Waals surface area contributed by atoms with Gasteiger partial charge in [-0.25, -0.2) is 4.98 Å². The van der Waals surface area contributed by atoms with Gasteiger partial charge in [-0.05, 0) is 36.5 Å². The third kappa shape index (κ3) is 6.63. The first-order valence-corrected chi connectivity index (χ1v) is 14.2. The average molecular weight is 452 g/mol. The Morgan fingerprint density at radius 2 is 2.09 bits per heavy atom. The van der Waals surface area contributed by atoms with E-state index in [9.17, 15) is 4.79 Å². The summed E-state index contributed by atoms with van der Waals surface area (Å²) in [6.07, 6.45) is 7.63. The first-order valence-electron chi connectivity index (χ1n) is 10.5. The van der Waals surface area contributed by atoms with Gasteiger partial charge in [0.1, 0.15) is 24.3 Å². The molecule has 3 aromatic rings. The lowest BCUT2D eigenvalue weighted by molar-refractivity contribution is -0.107. The number of pyridine rings is 1. The Kier molecular flexibility index (Phi) is 7.96. The molecule has 0 aliphatic carbocycles. The van der Waals surface area contributed by atoms with Crippen LogP contribution in [-0.2, 0) is 16.0 Å². The highest BCUT2D eigenvalue weighted by atomic mass is 28.3. The Morgan fingerprint density at radius 3 is 2.78 bits per heavy atom. The third-order valence-corrected chi connectivity index (χ3v) is 6.47. The number of hydrogen-bond donors (Lipinski definition) is 1. The number of benzene rings is 1. The molecule has 0 bridgehead atoms. The van der Waals surface area contributed by atoms with Gasteiger partial charge in [0.25, 0.3) is 0 Å². The van der Waals surface area contributed by atoms with E-state index >= 15 is 0 Å². The summed E-state index contributed by atoms with van der Waals surface area (Å²) in [6.45, 7) is 7.93. The number of allylic oxidation sites excluding steroid dienone is 1. The van der Waals surface area contributed by atoms with Crippen LogP contribution in [0.5, 0.6) is 11.6 Å². The van der Waals surface area contributed by atoms with Crippen LogP contribution in [-0.4, -0.2) is 38.4 Å². The second-order valence-corrected chi connectivity index (χ2v) is 14.1. The Morgan fingerprint density at radius 1 is 1.25 bits per heavy atom. The maximum Gasteiger partial charge on any atom is 0.219 e. The lowest BCUT2D eigenvalue weighted by atomic mass is 10.1. The van der Waals surface area contributed by atoms with Crippen molar-refractivity contribution in [1.82, 2.24) is 4.98 Å². The summed E-state index contributed by atoms with van der Waals surface area (Å²) >= 11 is 0. The molecule has 0 radical (unpaired) electrons. The molecule has 0 fully saturated rings. The SMILES string of the molecule is C[Si](C)(C)CCOC/N=C(/C=C\N)c1ccc(Oc2ccc3c(CC=O)coc3c2)nc1. The minimum atomic E-state index is -1.12. The van der Waals surface area contributed by atoms with Crippen LogP contribution in [0, 0.1) is 0 Å². The molecule has 7 nitrogen and oxygen atoms in total. The normalized spacial score (nSPS) is 12.5. The second-order valence-electron chi connectivity index (χ2n) is 8.53. The highest BCUT2D eigenvalue weighted by Crippen LogP contribution is 2.28. The largest absolute Gasteiger partial charge is 0.464 e. The van der Waals surface area contributed by atoms with E-state index in [0.717, 1.165) is 28.8 Å². The van der Waals surface area contributed by atoms with Crippen molar-refractivity contribution in [3.63, 3.8) is 0 Å². The molecular weight excluding hydrogens is 422 g/mol. The van der Waals surface area contributed by atoms with Gasteiger partial charge in [0, 0.05) is 55.9 Å². The van der Waals surface area contributed by atoms with E-state index in [4.69, 9.17) is 19.6 Å². The van der Waals surface area contributed by atoms with E-state index < -0.39 is 8.07 Å². The first-order chi connectivity index (χ1) is 15.4. The zero-order valence-electron chi connectivity index (χ0n) is 18.7. The fraction of sp³-hybridized carbons (Fsp3) is 0.292. The summed E-state index contributed by atoms with van der Waals surface area (Å²) in [6, 6.07) is 10.2. The molecule has 0 aliphatic heterocycles. The Labute approximate surface area is 189 Å². The average Bonchev–Trinajstić information content (AvgIpc) is 3.15. The predicted molar refractivity (Wildman–Crippen MR) is 129 cm³/mol. The quantitative estimate of drug-likeness (QED) is 0.192. The zero-order valence-corrected chi connectivity index (χ0v) is 19.7. The van der Waals surface area contributed by atoms with E-state index in [-0.39, 0.29) is 6.73 Å². The topological polar surface area (TPSA) is 99.9 Å². The molecular formula is C24H29N3O4Si. The van der Waals surface area contributed by atoms with E-state index in [2.05, 4.69) is 29.6 Å². The van der Waals surface area contributed by atoms with Crippen molar-refractivity contribution >= 4 is 31.0 Å². The van der Waals surface area contributed by atoms with Gasteiger partial charge in [0.15, 0.2) is 0 Å². The van der Waals surface area contributed by atoms with Crippen LogP contribution in [0.25, 0.3) is 11.0 Å². The van der Waals surface area contributed by atoms with Gasteiger partial charge in [-0.1, -0.05) is 19.6 Å². The van der Waals surface area contributed by atoms with Crippen LogP contribution in [0.2, 0.25) is 25.7 Å². The molecule has 0 saturated heterocycles. The van der Waals surface area contributed by atoms with Crippen molar-refractivity contribution in [3.05, 3.63) is 66.2 Å². The smallest absolute Gasteiger partial charge is 0.219 e. The molecule has 2 aromatic heterocycles. The third-order valence-electron chi connectivity index (χ3n) is 4.76. The van der Waals surface area contributed by atoms with Gasteiger partial charge in [-0.2, -0.15) is 0 Å². The molecule has 8 heteroatoms. The molecule has 0 aliphatic rings. The molecule has 32 heavy (non-hydrogen) atoms. The van der Waals surface area contributed by atoms with Crippen LogP contribution in [0.15, 0.2) is 64.5 Å². The zero-order chi connectivity index (χ0) is 23.0. The number of rotatable bonds is 11. The van der Waals surface area contributed by atoms with Gasteiger partial charge in [0.05, 0.1) is 12.0 Å². The monoisotopic (exact) mass is 451 g/mol. The Hall–Kier alpha value is -3.23. The van der Waals surface area contributed by atoms with Crippen LogP contribution >= 0.6 is 0 Å². The molecule has 0 spiro atoms. The fourth-order valence-corrected chi connectivity index (χ4v) is 3.73. The number of hydrogen-bond acceptors (Lipinski definition) is 7. The first kappa shape index (κ1) is 23.4. The molecule has 2 heterocycles.